The molecular weight excluding hydrogens is 400 g/mol. The van der Waals surface area contributed by atoms with Gasteiger partial charge in [0.05, 0.1) is 24.7 Å². The van der Waals surface area contributed by atoms with Crippen LogP contribution in [0.3, 0.4) is 0 Å². The van der Waals surface area contributed by atoms with Gasteiger partial charge < -0.3 is 19.2 Å². The highest BCUT2D eigenvalue weighted by molar-refractivity contribution is 6.29. The first kappa shape index (κ1) is 20.0. The molecular formula is C23H23ClN4O2. The molecule has 0 saturated carbocycles. The Kier molecular flexibility index (Phi) is 5.50. The van der Waals surface area contributed by atoms with Gasteiger partial charge in [-0.15, -0.1) is 0 Å². The van der Waals surface area contributed by atoms with E-state index in [2.05, 4.69) is 10.3 Å². The molecule has 0 saturated heterocycles. The van der Waals surface area contributed by atoms with Crippen LogP contribution in [-0.2, 0) is 6.54 Å². The molecule has 0 spiro atoms. The van der Waals surface area contributed by atoms with Crippen LogP contribution in [0.25, 0.3) is 16.7 Å². The molecule has 0 aliphatic heterocycles. The van der Waals surface area contributed by atoms with Crippen molar-refractivity contribution in [3.05, 3.63) is 77.3 Å². The molecule has 0 fully saturated rings. The highest BCUT2D eigenvalue weighted by Crippen LogP contribution is 2.25. The number of rotatable bonds is 6. The van der Waals surface area contributed by atoms with Crippen LogP contribution in [0.1, 0.15) is 35.9 Å². The fourth-order valence-electron chi connectivity index (χ4n) is 3.53. The van der Waals surface area contributed by atoms with Gasteiger partial charge in [-0.05, 0) is 80.0 Å². The van der Waals surface area contributed by atoms with Crippen LogP contribution in [0.5, 0.6) is 5.75 Å². The summed E-state index contributed by atoms with van der Waals surface area (Å²) in [6.45, 7) is 4.49. The summed E-state index contributed by atoms with van der Waals surface area (Å²) in [6, 6.07) is 17.4. The van der Waals surface area contributed by atoms with Gasteiger partial charge in [-0.3, -0.25) is 4.79 Å². The number of aromatic nitrogens is 3. The summed E-state index contributed by atoms with van der Waals surface area (Å²) in [5.41, 5.74) is 4.15. The molecule has 0 aliphatic rings. The Balaban J connectivity index is 1.51. The topological polar surface area (TPSA) is 61.1 Å². The third-order valence-corrected chi connectivity index (χ3v) is 5.31. The van der Waals surface area contributed by atoms with Crippen LogP contribution in [0.15, 0.2) is 60.8 Å². The van der Waals surface area contributed by atoms with Gasteiger partial charge in [0, 0.05) is 29.2 Å². The molecule has 6 nitrogen and oxygen atoms in total. The van der Waals surface area contributed by atoms with Gasteiger partial charge >= 0.3 is 0 Å². The zero-order chi connectivity index (χ0) is 21.3. The molecule has 30 heavy (non-hydrogen) atoms. The van der Waals surface area contributed by atoms with E-state index in [1.54, 1.807) is 19.2 Å². The Morgan fingerprint density at radius 2 is 1.93 bits per heavy atom. The van der Waals surface area contributed by atoms with Gasteiger partial charge in [-0.2, -0.15) is 0 Å². The van der Waals surface area contributed by atoms with Crippen molar-refractivity contribution in [1.82, 2.24) is 19.4 Å². The molecule has 1 N–H and O–H groups in total. The largest absolute Gasteiger partial charge is 0.497 e. The van der Waals surface area contributed by atoms with E-state index in [4.69, 9.17) is 16.3 Å². The molecule has 0 atom stereocenters. The van der Waals surface area contributed by atoms with Crippen LogP contribution in [0, 0.1) is 0 Å². The van der Waals surface area contributed by atoms with E-state index < -0.39 is 0 Å². The second-order valence-corrected chi connectivity index (χ2v) is 7.64. The SMILES string of the molecule is COc1ccc(-n2cccc2CNC(=O)c2ccc3c(c2)nc(Cl)n3C(C)C)cc1. The molecule has 4 aromatic rings. The molecule has 0 bridgehead atoms. The lowest BCUT2D eigenvalue weighted by atomic mass is 10.2. The summed E-state index contributed by atoms with van der Waals surface area (Å²) >= 11 is 6.26. The fourth-order valence-corrected chi connectivity index (χ4v) is 3.91. The Morgan fingerprint density at radius 3 is 2.63 bits per heavy atom. The van der Waals surface area contributed by atoms with Gasteiger partial charge in [0.15, 0.2) is 0 Å². The van der Waals surface area contributed by atoms with Crippen molar-refractivity contribution >= 4 is 28.5 Å². The van der Waals surface area contributed by atoms with Crippen molar-refractivity contribution in [2.24, 2.45) is 0 Å². The number of halogens is 1. The number of carbonyl (C=O) groups is 1. The van der Waals surface area contributed by atoms with Crippen molar-refractivity contribution in [3.8, 4) is 11.4 Å². The normalized spacial score (nSPS) is 11.2. The summed E-state index contributed by atoms with van der Waals surface area (Å²) in [7, 11) is 1.64. The Bertz CT molecular complexity index is 1190. The van der Waals surface area contributed by atoms with E-state index in [0.717, 1.165) is 22.6 Å². The van der Waals surface area contributed by atoms with Crippen LogP contribution in [0.4, 0.5) is 0 Å². The molecule has 4 rings (SSSR count). The Hall–Kier alpha value is -3.25. The first-order valence-corrected chi connectivity index (χ1v) is 10.1. The van der Waals surface area contributed by atoms with Gasteiger partial charge in [-0.1, -0.05) is 0 Å². The van der Waals surface area contributed by atoms with Crippen molar-refractivity contribution in [2.45, 2.75) is 26.4 Å². The Morgan fingerprint density at radius 1 is 1.17 bits per heavy atom. The third kappa shape index (κ3) is 3.78. The molecule has 2 aromatic heterocycles. The quantitative estimate of drug-likeness (QED) is 0.475. The fraction of sp³-hybridized carbons (Fsp3) is 0.217. The number of nitrogens with zero attached hydrogens (tertiary/aromatic N) is 3. The highest BCUT2D eigenvalue weighted by atomic mass is 35.5. The van der Waals surface area contributed by atoms with Crippen molar-refractivity contribution in [3.63, 3.8) is 0 Å². The van der Waals surface area contributed by atoms with Crippen molar-refractivity contribution < 1.29 is 9.53 Å². The predicted octanol–water partition coefficient (Wildman–Crippen LogP) is 5.00. The third-order valence-electron chi connectivity index (χ3n) is 5.04. The number of carbonyl (C=O) groups excluding carboxylic acids is 1. The minimum atomic E-state index is -0.158. The number of nitrogens with one attached hydrogen (secondary N) is 1. The van der Waals surface area contributed by atoms with Gasteiger partial charge in [0.25, 0.3) is 5.91 Å². The predicted molar refractivity (Wildman–Crippen MR) is 119 cm³/mol. The van der Waals surface area contributed by atoms with Crippen LogP contribution >= 0.6 is 11.6 Å². The molecule has 154 valence electrons. The number of hydrogen-bond donors (Lipinski definition) is 1. The number of fused-ring (bicyclic) bond motifs is 1. The zero-order valence-electron chi connectivity index (χ0n) is 17.1. The van der Waals surface area contributed by atoms with E-state index in [-0.39, 0.29) is 11.9 Å². The standard InChI is InChI=1S/C23H23ClN4O2/c1-15(2)28-21-11-6-16(13-20(21)26-23(28)24)22(29)25-14-18-5-4-12-27(18)17-7-9-19(30-3)10-8-17/h4-13,15H,14H2,1-3H3,(H,25,29). The van der Waals surface area contributed by atoms with Gasteiger partial charge in [0.2, 0.25) is 5.28 Å². The lowest BCUT2D eigenvalue weighted by Crippen LogP contribution is -2.24. The zero-order valence-corrected chi connectivity index (χ0v) is 17.8. The lowest BCUT2D eigenvalue weighted by molar-refractivity contribution is 0.0950. The Labute approximate surface area is 180 Å². The number of hydrogen-bond acceptors (Lipinski definition) is 3. The monoisotopic (exact) mass is 422 g/mol. The molecule has 2 aromatic carbocycles. The molecule has 1 amide bonds. The van der Waals surface area contributed by atoms with E-state index in [1.807, 2.05) is 71.6 Å². The van der Waals surface area contributed by atoms with Gasteiger partial charge in [0.1, 0.15) is 5.75 Å². The first-order valence-electron chi connectivity index (χ1n) is 9.74. The average molecular weight is 423 g/mol. The maximum absolute atomic E-state index is 12.7. The highest BCUT2D eigenvalue weighted by Gasteiger charge is 2.14. The molecule has 0 unspecified atom stereocenters. The molecule has 0 aliphatic carbocycles. The van der Waals surface area contributed by atoms with Crippen molar-refractivity contribution in [2.75, 3.05) is 7.11 Å². The van der Waals surface area contributed by atoms with E-state index in [9.17, 15) is 4.79 Å². The molecule has 0 radical (unpaired) electrons. The number of benzene rings is 2. The first-order chi connectivity index (χ1) is 14.5. The maximum Gasteiger partial charge on any atom is 0.251 e. The van der Waals surface area contributed by atoms with Crippen molar-refractivity contribution in [1.29, 1.82) is 0 Å². The van der Waals surface area contributed by atoms with E-state index in [1.165, 1.54) is 0 Å². The number of methoxy groups -OCH3 is 1. The average Bonchev–Trinajstić information content (AvgIpc) is 3.34. The number of imidazole rings is 1. The van der Waals surface area contributed by atoms with Crippen LogP contribution in [0.2, 0.25) is 5.28 Å². The summed E-state index contributed by atoms with van der Waals surface area (Å²) in [5, 5.41) is 3.42. The van der Waals surface area contributed by atoms with E-state index >= 15 is 0 Å². The summed E-state index contributed by atoms with van der Waals surface area (Å²) < 4.78 is 9.20. The number of amides is 1. The maximum atomic E-state index is 12.7. The smallest absolute Gasteiger partial charge is 0.251 e. The summed E-state index contributed by atoms with van der Waals surface area (Å²) in [5.74, 6) is 0.644. The van der Waals surface area contributed by atoms with Crippen LogP contribution in [-0.4, -0.2) is 27.1 Å². The minimum absolute atomic E-state index is 0.158. The second-order valence-electron chi connectivity index (χ2n) is 7.30. The van der Waals surface area contributed by atoms with E-state index in [0.29, 0.717) is 22.9 Å². The molecule has 2 heterocycles. The van der Waals surface area contributed by atoms with Crippen LogP contribution < -0.4 is 10.1 Å². The summed E-state index contributed by atoms with van der Waals surface area (Å²) in [4.78, 5) is 17.1. The molecule has 7 heteroatoms. The second kappa shape index (κ2) is 8.24. The summed E-state index contributed by atoms with van der Waals surface area (Å²) in [6.07, 6.45) is 1.97. The lowest BCUT2D eigenvalue weighted by Gasteiger charge is -2.12. The number of ether oxygens (including phenoxy) is 1. The minimum Gasteiger partial charge on any atom is -0.497 e. The van der Waals surface area contributed by atoms with Gasteiger partial charge in [-0.25, -0.2) is 4.98 Å².